The number of amides is 1. The summed E-state index contributed by atoms with van der Waals surface area (Å²) in [6.45, 7) is 3.11. The average molecular weight is 270 g/mol. The number of benzene rings is 1. The summed E-state index contributed by atoms with van der Waals surface area (Å²) in [4.78, 5) is 12.0. The average Bonchev–Trinajstić information content (AvgIpc) is 2.38. The molecule has 0 heterocycles. The minimum atomic E-state index is -0.0586. The van der Waals surface area contributed by atoms with Crippen molar-refractivity contribution >= 4 is 17.5 Å². The molecule has 1 atom stereocenters. The number of ether oxygens (including phenoxy) is 1. The maximum atomic E-state index is 12.0. The molecule has 0 saturated heterocycles. The molecule has 1 aromatic carbocycles. The molecular formula is C14H20ClNO2. The largest absolute Gasteiger partial charge is 0.383 e. The van der Waals surface area contributed by atoms with Crippen LogP contribution < -0.4 is 5.32 Å². The molecule has 0 aliphatic carbocycles. The third-order valence-corrected chi connectivity index (χ3v) is 3.08. The molecule has 0 spiro atoms. The molecule has 0 aliphatic heterocycles. The number of hydrogen-bond acceptors (Lipinski definition) is 2. The van der Waals surface area contributed by atoms with E-state index in [0.29, 0.717) is 19.6 Å². The number of alkyl halides is 1. The molecule has 1 unspecified atom stereocenters. The Morgan fingerprint density at radius 1 is 1.44 bits per heavy atom. The van der Waals surface area contributed by atoms with Crippen LogP contribution in [0.5, 0.6) is 0 Å². The smallest absolute Gasteiger partial charge is 0.251 e. The number of carbonyl (C=O) groups excluding carboxylic acids is 1. The lowest BCUT2D eigenvalue weighted by molar-refractivity contribution is 0.0951. The number of methoxy groups -OCH3 is 1. The summed E-state index contributed by atoms with van der Waals surface area (Å²) in [6.07, 6.45) is 1.56. The molecular weight excluding hydrogens is 250 g/mol. The van der Waals surface area contributed by atoms with Crippen LogP contribution in [0.2, 0.25) is 0 Å². The van der Waals surface area contributed by atoms with E-state index < -0.39 is 0 Å². The van der Waals surface area contributed by atoms with Gasteiger partial charge in [-0.15, -0.1) is 11.6 Å². The molecule has 1 amide bonds. The van der Waals surface area contributed by atoms with Crippen molar-refractivity contribution in [2.75, 3.05) is 20.3 Å². The number of carbonyl (C=O) groups is 1. The Bertz CT molecular complexity index is 382. The normalized spacial score (nSPS) is 12.2. The zero-order valence-corrected chi connectivity index (χ0v) is 11.7. The summed E-state index contributed by atoms with van der Waals surface area (Å²) in [5, 5.41) is 2.83. The van der Waals surface area contributed by atoms with Crippen molar-refractivity contribution in [1.82, 2.24) is 5.32 Å². The summed E-state index contributed by atoms with van der Waals surface area (Å²) in [7, 11) is 1.62. The first kappa shape index (κ1) is 15.0. The fraction of sp³-hybridized carbons (Fsp3) is 0.500. The quantitative estimate of drug-likeness (QED) is 0.773. The van der Waals surface area contributed by atoms with Gasteiger partial charge in [-0.05, 0) is 24.5 Å². The molecule has 100 valence electrons. The first-order valence-electron chi connectivity index (χ1n) is 6.18. The monoisotopic (exact) mass is 269 g/mol. The summed E-state index contributed by atoms with van der Waals surface area (Å²) < 4.78 is 4.94. The van der Waals surface area contributed by atoms with Crippen LogP contribution in [0.4, 0.5) is 0 Å². The van der Waals surface area contributed by atoms with Crippen LogP contribution in [0, 0.1) is 0 Å². The molecule has 0 fully saturated rings. The highest BCUT2D eigenvalue weighted by Gasteiger charge is 2.10. The van der Waals surface area contributed by atoms with Crippen molar-refractivity contribution in [3.63, 3.8) is 0 Å². The van der Waals surface area contributed by atoms with Crippen molar-refractivity contribution in [3.05, 3.63) is 35.4 Å². The van der Waals surface area contributed by atoms with E-state index in [1.165, 1.54) is 0 Å². The fourth-order valence-corrected chi connectivity index (χ4v) is 1.99. The number of nitrogens with one attached hydrogen (secondary N) is 1. The van der Waals surface area contributed by atoms with Crippen LogP contribution in [0.1, 0.15) is 29.3 Å². The van der Waals surface area contributed by atoms with Gasteiger partial charge in [0.1, 0.15) is 0 Å². The highest BCUT2D eigenvalue weighted by Crippen LogP contribution is 2.09. The molecule has 18 heavy (non-hydrogen) atoms. The van der Waals surface area contributed by atoms with E-state index in [0.717, 1.165) is 17.5 Å². The molecule has 1 N–H and O–H groups in total. The maximum absolute atomic E-state index is 12.0. The molecule has 0 saturated carbocycles. The van der Waals surface area contributed by atoms with Gasteiger partial charge >= 0.3 is 0 Å². The minimum absolute atomic E-state index is 0.0336. The van der Waals surface area contributed by atoms with Crippen LogP contribution in [0.25, 0.3) is 0 Å². The number of halogens is 1. The van der Waals surface area contributed by atoms with Gasteiger partial charge in [0, 0.05) is 19.2 Å². The van der Waals surface area contributed by atoms with E-state index in [1.54, 1.807) is 7.11 Å². The molecule has 0 bridgehead atoms. The van der Waals surface area contributed by atoms with Crippen molar-refractivity contribution in [3.8, 4) is 0 Å². The molecule has 0 aromatic heterocycles. The number of rotatable bonds is 7. The Labute approximate surface area is 113 Å². The van der Waals surface area contributed by atoms with Crippen molar-refractivity contribution in [1.29, 1.82) is 0 Å². The Hall–Kier alpha value is -1.06. The Morgan fingerprint density at radius 3 is 2.83 bits per heavy atom. The van der Waals surface area contributed by atoms with Crippen LogP contribution in [-0.4, -0.2) is 31.5 Å². The SMILES string of the molecule is CCc1ccccc1C(=O)NCCC(Cl)COC. The van der Waals surface area contributed by atoms with E-state index >= 15 is 0 Å². The van der Waals surface area contributed by atoms with Gasteiger partial charge in [0.15, 0.2) is 0 Å². The standard InChI is InChI=1S/C14H20ClNO2/c1-3-11-6-4-5-7-13(11)14(17)16-9-8-12(15)10-18-2/h4-7,12H,3,8-10H2,1-2H3,(H,16,17). The molecule has 3 nitrogen and oxygen atoms in total. The van der Waals surface area contributed by atoms with Gasteiger partial charge < -0.3 is 10.1 Å². The number of aryl methyl sites for hydroxylation is 1. The van der Waals surface area contributed by atoms with Crippen LogP contribution in [-0.2, 0) is 11.2 Å². The zero-order chi connectivity index (χ0) is 13.4. The topological polar surface area (TPSA) is 38.3 Å². The van der Waals surface area contributed by atoms with Crippen LogP contribution in [0.15, 0.2) is 24.3 Å². The second kappa shape index (κ2) is 8.11. The predicted molar refractivity (Wildman–Crippen MR) is 74.3 cm³/mol. The molecule has 4 heteroatoms. The first-order valence-corrected chi connectivity index (χ1v) is 6.61. The molecule has 0 radical (unpaired) electrons. The lowest BCUT2D eigenvalue weighted by atomic mass is 10.0. The summed E-state index contributed by atoms with van der Waals surface area (Å²) in [5.41, 5.74) is 1.81. The molecule has 0 aliphatic rings. The van der Waals surface area contributed by atoms with Crippen LogP contribution >= 0.6 is 11.6 Å². The van der Waals surface area contributed by atoms with Gasteiger partial charge in [0.2, 0.25) is 0 Å². The Morgan fingerprint density at radius 2 is 2.17 bits per heavy atom. The lowest BCUT2D eigenvalue weighted by Gasteiger charge is -2.11. The summed E-state index contributed by atoms with van der Waals surface area (Å²) in [5.74, 6) is -0.0336. The third-order valence-electron chi connectivity index (χ3n) is 2.73. The lowest BCUT2D eigenvalue weighted by Crippen LogP contribution is -2.27. The van der Waals surface area contributed by atoms with Crippen LogP contribution in [0.3, 0.4) is 0 Å². The molecule has 1 aromatic rings. The molecule has 1 rings (SSSR count). The van der Waals surface area contributed by atoms with E-state index in [9.17, 15) is 4.79 Å². The van der Waals surface area contributed by atoms with Gasteiger partial charge in [-0.2, -0.15) is 0 Å². The van der Waals surface area contributed by atoms with E-state index in [-0.39, 0.29) is 11.3 Å². The summed E-state index contributed by atoms with van der Waals surface area (Å²) >= 11 is 5.99. The Balaban J connectivity index is 2.45. The van der Waals surface area contributed by atoms with Crippen molar-refractivity contribution in [2.45, 2.75) is 25.1 Å². The second-order valence-electron chi connectivity index (χ2n) is 4.11. The van der Waals surface area contributed by atoms with Gasteiger partial charge in [0.05, 0.1) is 12.0 Å². The van der Waals surface area contributed by atoms with Gasteiger partial charge in [-0.25, -0.2) is 0 Å². The fourth-order valence-electron chi connectivity index (χ4n) is 1.75. The second-order valence-corrected chi connectivity index (χ2v) is 4.73. The van der Waals surface area contributed by atoms with Gasteiger partial charge in [0.25, 0.3) is 5.91 Å². The highest BCUT2D eigenvalue weighted by atomic mass is 35.5. The van der Waals surface area contributed by atoms with Crippen molar-refractivity contribution in [2.24, 2.45) is 0 Å². The maximum Gasteiger partial charge on any atom is 0.251 e. The zero-order valence-electron chi connectivity index (χ0n) is 10.9. The van der Waals surface area contributed by atoms with E-state index in [2.05, 4.69) is 5.32 Å². The predicted octanol–water partition coefficient (Wildman–Crippen LogP) is 2.62. The summed E-state index contributed by atoms with van der Waals surface area (Å²) in [6, 6.07) is 7.65. The minimum Gasteiger partial charge on any atom is -0.383 e. The Kier molecular flexibility index (Phi) is 6.76. The van der Waals surface area contributed by atoms with E-state index in [1.807, 2.05) is 31.2 Å². The van der Waals surface area contributed by atoms with Crippen molar-refractivity contribution < 1.29 is 9.53 Å². The van der Waals surface area contributed by atoms with E-state index in [4.69, 9.17) is 16.3 Å². The van der Waals surface area contributed by atoms with Gasteiger partial charge in [-0.1, -0.05) is 25.1 Å². The highest BCUT2D eigenvalue weighted by molar-refractivity contribution is 6.20. The first-order chi connectivity index (χ1) is 8.69. The third kappa shape index (κ3) is 4.67. The van der Waals surface area contributed by atoms with Gasteiger partial charge in [-0.3, -0.25) is 4.79 Å². The number of hydrogen-bond donors (Lipinski definition) is 1.